The molecule has 1 nitrogen and oxygen atoms in total. The third kappa shape index (κ3) is 3.30. The number of halogens is 1. The zero-order chi connectivity index (χ0) is 12.3. The quantitative estimate of drug-likeness (QED) is 0.575. The number of carbonyl (C=O) groups excluding carboxylic acids is 1. The first-order valence-electron chi connectivity index (χ1n) is 6.50. The monoisotopic (exact) mass is 342 g/mol. The van der Waals surface area contributed by atoms with Gasteiger partial charge in [-0.25, -0.2) is 0 Å². The second kappa shape index (κ2) is 5.98. The van der Waals surface area contributed by atoms with Crippen LogP contribution in [0.2, 0.25) is 0 Å². The van der Waals surface area contributed by atoms with E-state index in [1.165, 1.54) is 22.8 Å². The van der Waals surface area contributed by atoms with Gasteiger partial charge in [0.2, 0.25) is 0 Å². The lowest BCUT2D eigenvalue weighted by atomic mass is 9.78. The molecule has 0 heterocycles. The predicted molar refractivity (Wildman–Crippen MR) is 79.2 cm³/mol. The van der Waals surface area contributed by atoms with Crippen molar-refractivity contribution in [2.45, 2.75) is 39.0 Å². The Hall–Kier alpha value is -0.380. The minimum absolute atomic E-state index is 0.276. The lowest BCUT2D eigenvalue weighted by Gasteiger charge is -2.26. The molecule has 1 aliphatic rings. The summed E-state index contributed by atoms with van der Waals surface area (Å²) in [4.78, 5) is 12.3. The highest BCUT2D eigenvalue weighted by molar-refractivity contribution is 14.1. The Morgan fingerprint density at radius 2 is 1.76 bits per heavy atom. The van der Waals surface area contributed by atoms with Crippen LogP contribution < -0.4 is 0 Å². The van der Waals surface area contributed by atoms with Gasteiger partial charge in [0.05, 0.1) is 0 Å². The van der Waals surface area contributed by atoms with Crippen LogP contribution in [0.5, 0.6) is 0 Å². The fourth-order valence-corrected chi connectivity index (χ4v) is 3.04. The third-order valence-corrected chi connectivity index (χ3v) is 4.64. The van der Waals surface area contributed by atoms with Crippen molar-refractivity contribution in [3.05, 3.63) is 33.4 Å². The molecule has 1 fully saturated rings. The van der Waals surface area contributed by atoms with Gasteiger partial charge in [0.25, 0.3) is 0 Å². The summed E-state index contributed by atoms with van der Waals surface area (Å²) >= 11 is 2.27. The normalized spacial score (nSPS) is 24.6. The summed E-state index contributed by atoms with van der Waals surface area (Å²) in [6.07, 6.45) is 5.91. The van der Waals surface area contributed by atoms with E-state index in [9.17, 15) is 4.79 Å². The molecule has 92 valence electrons. The van der Waals surface area contributed by atoms with Crippen molar-refractivity contribution >= 4 is 28.4 Å². The summed E-state index contributed by atoms with van der Waals surface area (Å²) in [6, 6.07) is 7.98. The first-order valence-corrected chi connectivity index (χ1v) is 7.58. The van der Waals surface area contributed by atoms with E-state index in [0.29, 0.717) is 5.78 Å². The molecular weight excluding hydrogens is 323 g/mol. The Bertz CT molecular complexity index is 374. The molecule has 1 saturated carbocycles. The Balaban J connectivity index is 1.99. The molecule has 2 rings (SSSR count). The van der Waals surface area contributed by atoms with Crippen molar-refractivity contribution in [3.63, 3.8) is 0 Å². The number of hydrogen-bond donors (Lipinski definition) is 0. The van der Waals surface area contributed by atoms with Crippen LogP contribution in [0.3, 0.4) is 0 Å². The molecule has 1 aliphatic carbocycles. The maximum atomic E-state index is 12.3. The van der Waals surface area contributed by atoms with Crippen LogP contribution in [-0.2, 0) is 0 Å². The maximum Gasteiger partial charge on any atom is 0.165 e. The molecule has 2 heteroatoms. The highest BCUT2D eigenvalue weighted by Crippen LogP contribution is 2.32. The number of ketones is 1. The molecule has 0 spiro atoms. The van der Waals surface area contributed by atoms with Crippen molar-refractivity contribution in [1.82, 2.24) is 0 Å². The SMILES string of the molecule is CCC1CCC(C(=O)c2ccc(I)cc2)CC1. The smallest absolute Gasteiger partial charge is 0.165 e. The summed E-state index contributed by atoms with van der Waals surface area (Å²) in [7, 11) is 0. The molecule has 0 N–H and O–H groups in total. The van der Waals surface area contributed by atoms with Gasteiger partial charge in [-0.2, -0.15) is 0 Å². The minimum Gasteiger partial charge on any atom is -0.294 e. The summed E-state index contributed by atoms with van der Waals surface area (Å²) in [5, 5.41) is 0. The highest BCUT2D eigenvalue weighted by atomic mass is 127. The maximum absolute atomic E-state index is 12.3. The Labute approximate surface area is 117 Å². The standard InChI is InChI=1S/C15H19IO/c1-2-11-3-5-12(6-4-11)15(17)13-7-9-14(16)10-8-13/h7-12H,2-6H2,1H3. The zero-order valence-electron chi connectivity index (χ0n) is 10.3. The average molecular weight is 342 g/mol. The first kappa shape index (κ1) is 13.1. The van der Waals surface area contributed by atoms with Gasteiger partial charge < -0.3 is 0 Å². The molecule has 0 amide bonds. The number of benzene rings is 1. The zero-order valence-corrected chi connectivity index (χ0v) is 12.4. The van der Waals surface area contributed by atoms with Crippen LogP contribution in [0.4, 0.5) is 0 Å². The molecule has 1 aromatic rings. The van der Waals surface area contributed by atoms with Gasteiger partial charge in [-0.3, -0.25) is 4.79 Å². The number of Topliss-reactive ketones (excluding diaryl/α,β-unsaturated/α-hetero) is 1. The summed E-state index contributed by atoms with van der Waals surface area (Å²) in [5.41, 5.74) is 0.894. The van der Waals surface area contributed by atoms with Crippen LogP contribution in [0.1, 0.15) is 49.4 Å². The van der Waals surface area contributed by atoms with Gasteiger partial charge in [-0.05, 0) is 66.3 Å². The van der Waals surface area contributed by atoms with E-state index in [0.717, 1.165) is 24.3 Å². The largest absolute Gasteiger partial charge is 0.294 e. The van der Waals surface area contributed by atoms with E-state index in [4.69, 9.17) is 0 Å². The van der Waals surface area contributed by atoms with Crippen molar-refractivity contribution in [2.75, 3.05) is 0 Å². The van der Waals surface area contributed by atoms with Gasteiger partial charge in [-0.15, -0.1) is 0 Å². The molecule has 0 aromatic heterocycles. The van der Waals surface area contributed by atoms with Gasteiger partial charge in [0.15, 0.2) is 5.78 Å². The molecule has 0 atom stereocenters. The topological polar surface area (TPSA) is 17.1 Å². The van der Waals surface area contributed by atoms with Crippen LogP contribution in [0, 0.1) is 15.4 Å². The van der Waals surface area contributed by atoms with Crippen molar-refractivity contribution in [1.29, 1.82) is 0 Å². The van der Waals surface area contributed by atoms with Crippen molar-refractivity contribution in [3.8, 4) is 0 Å². The summed E-state index contributed by atoms with van der Waals surface area (Å²) < 4.78 is 1.19. The number of hydrogen-bond acceptors (Lipinski definition) is 1. The Morgan fingerprint density at radius 3 is 2.29 bits per heavy atom. The van der Waals surface area contributed by atoms with Gasteiger partial charge in [0, 0.05) is 15.1 Å². The molecule has 0 aliphatic heterocycles. The molecule has 0 unspecified atom stereocenters. The van der Waals surface area contributed by atoms with Crippen molar-refractivity contribution < 1.29 is 4.79 Å². The van der Waals surface area contributed by atoms with Crippen LogP contribution >= 0.6 is 22.6 Å². The third-order valence-electron chi connectivity index (χ3n) is 3.92. The summed E-state index contributed by atoms with van der Waals surface area (Å²) in [5.74, 6) is 1.49. The van der Waals surface area contributed by atoms with Crippen LogP contribution in [-0.4, -0.2) is 5.78 Å². The second-order valence-electron chi connectivity index (χ2n) is 5.00. The van der Waals surface area contributed by atoms with E-state index < -0.39 is 0 Å². The van der Waals surface area contributed by atoms with Gasteiger partial charge in [0.1, 0.15) is 0 Å². The second-order valence-corrected chi connectivity index (χ2v) is 6.24. The molecule has 1 aromatic carbocycles. The molecular formula is C15H19IO. The highest BCUT2D eigenvalue weighted by Gasteiger charge is 2.25. The van der Waals surface area contributed by atoms with Gasteiger partial charge in [-0.1, -0.05) is 25.5 Å². The molecule has 0 saturated heterocycles. The lowest BCUT2D eigenvalue weighted by Crippen LogP contribution is -2.21. The first-order chi connectivity index (χ1) is 8.20. The Kier molecular flexibility index (Phi) is 4.60. The molecule has 0 radical (unpaired) electrons. The van der Waals surface area contributed by atoms with Gasteiger partial charge >= 0.3 is 0 Å². The van der Waals surface area contributed by atoms with E-state index in [2.05, 4.69) is 29.5 Å². The van der Waals surface area contributed by atoms with E-state index in [1.54, 1.807) is 0 Å². The predicted octanol–water partition coefficient (Wildman–Crippen LogP) is 4.69. The van der Waals surface area contributed by atoms with Crippen LogP contribution in [0.15, 0.2) is 24.3 Å². The van der Waals surface area contributed by atoms with E-state index >= 15 is 0 Å². The van der Waals surface area contributed by atoms with Crippen molar-refractivity contribution in [2.24, 2.45) is 11.8 Å². The molecule has 17 heavy (non-hydrogen) atoms. The van der Waals surface area contributed by atoms with E-state index in [1.807, 2.05) is 24.3 Å². The molecule has 0 bridgehead atoms. The average Bonchev–Trinajstić information content (AvgIpc) is 2.39. The minimum atomic E-state index is 0.276. The fourth-order valence-electron chi connectivity index (χ4n) is 2.68. The fraction of sp³-hybridized carbons (Fsp3) is 0.533. The lowest BCUT2D eigenvalue weighted by molar-refractivity contribution is 0.0871. The Morgan fingerprint density at radius 1 is 1.18 bits per heavy atom. The number of rotatable bonds is 3. The summed E-state index contributed by atoms with van der Waals surface area (Å²) in [6.45, 7) is 2.26. The van der Waals surface area contributed by atoms with E-state index in [-0.39, 0.29) is 5.92 Å². The van der Waals surface area contributed by atoms with Crippen LogP contribution in [0.25, 0.3) is 0 Å². The number of carbonyl (C=O) groups is 1.